The van der Waals surface area contributed by atoms with Crippen molar-refractivity contribution >= 4 is 6.29 Å². The predicted molar refractivity (Wildman–Crippen MR) is 49.2 cm³/mol. The molecule has 1 N–H and O–H groups in total. The van der Waals surface area contributed by atoms with Crippen LogP contribution < -0.4 is 5.32 Å². The third-order valence-electron chi connectivity index (χ3n) is 2.35. The minimum absolute atomic E-state index is 0.441. The zero-order valence-electron chi connectivity index (χ0n) is 7.75. The van der Waals surface area contributed by atoms with Crippen LogP contribution in [0.1, 0.15) is 19.8 Å². The van der Waals surface area contributed by atoms with Gasteiger partial charge in [-0.25, -0.2) is 0 Å². The Morgan fingerprint density at radius 3 is 3.17 bits per heavy atom. The van der Waals surface area contributed by atoms with Gasteiger partial charge in [0, 0.05) is 32.1 Å². The van der Waals surface area contributed by atoms with Gasteiger partial charge in [0.15, 0.2) is 0 Å². The van der Waals surface area contributed by atoms with Crippen LogP contribution in [0.3, 0.4) is 0 Å². The van der Waals surface area contributed by atoms with Gasteiger partial charge in [-0.3, -0.25) is 4.90 Å². The van der Waals surface area contributed by atoms with Gasteiger partial charge in [0.05, 0.1) is 0 Å². The highest BCUT2D eigenvalue weighted by Crippen LogP contribution is 2.06. The molecule has 0 amide bonds. The first-order valence-electron chi connectivity index (χ1n) is 4.77. The van der Waals surface area contributed by atoms with Crippen LogP contribution in [-0.2, 0) is 4.79 Å². The smallest absolute Gasteiger partial charge is 0.121 e. The second kappa shape index (κ2) is 5.27. The highest BCUT2D eigenvalue weighted by molar-refractivity contribution is 5.50. The number of rotatable bonds is 4. The molecule has 0 aromatic heterocycles. The Hall–Kier alpha value is -0.410. The number of carbonyl (C=O) groups excluding carboxylic acids is 1. The number of hydrogen-bond acceptors (Lipinski definition) is 3. The van der Waals surface area contributed by atoms with E-state index in [-0.39, 0.29) is 0 Å². The van der Waals surface area contributed by atoms with E-state index >= 15 is 0 Å². The monoisotopic (exact) mass is 170 g/mol. The predicted octanol–water partition coefficient (Wildman–Crippen LogP) is 0.259. The van der Waals surface area contributed by atoms with Crippen molar-refractivity contribution in [1.82, 2.24) is 10.2 Å². The Balaban J connectivity index is 2.36. The van der Waals surface area contributed by atoms with E-state index in [1.807, 2.05) is 0 Å². The average Bonchev–Trinajstić information content (AvgIpc) is 2.09. The van der Waals surface area contributed by atoms with Crippen molar-refractivity contribution in [3.8, 4) is 0 Å². The van der Waals surface area contributed by atoms with Gasteiger partial charge in [-0.2, -0.15) is 0 Å². The zero-order valence-corrected chi connectivity index (χ0v) is 7.75. The van der Waals surface area contributed by atoms with Crippen molar-refractivity contribution in [1.29, 1.82) is 0 Å². The molecule has 3 nitrogen and oxygen atoms in total. The fourth-order valence-electron chi connectivity index (χ4n) is 1.73. The van der Waals surface area contributed by atoms with E-state index in [1.54, 1.807) is 0 Å². The minimum Gasteiger partial charge on any atom is -0.314 e. The van der Waals surface area contributed by atoms with Gasteiger partial charge in [-0.05, 0) is 13.0 Å². The molecule has 1 heterocycles. The van der Waals surface area contributed by atoms with E-state index in [0.29, 0.717) is 12.5 Å². The maximum Gasteiger partial charge on any atom is 0.121 e. The molecule has 0 aromatic carbocycles. The second-order valence-corrected chi connectivity index (χ2v) is 3.30. The molecule has 3 heteroatoms. The molecule has 1 fully saturated rings. The number of hydrogen-bond donors (Lipinski definition) is 1. The first-order chi connectivity index (χ1) is 5.88. The van der Waals surface area contributed by atoms with Gasteiger partial charge in [0.2, 0.25) is 0 Å². The Morgan fingerprint density at radius 1 is 1.67 bits per heavy atom. The first-order valence-corrected chi connectivity index (χ1v) is 4.77. The molecule has 1 aliphatic heterocycles. The molecular weight excluding hydrogens is 152 g/mol. The molecule has 0 aromatic rings. The van der Waals surface area contributed by atoms with Gasteiger partial charge >= 0.3 is 0 Å². The molecule has 1 unspecified atom stereocenters. The zero-order chi connectivity index (χ0) is 8.81. The van der Waals surface area contributed by atoms with Crippen molar-refractivity contribution in [2.75, 3.05) is 26.2 Å². The average molecular weight is 170 g/mol. The molecule has 0 bridgehead atoms. The summed E-state index contributed by atoms with van der Waals surface area (Å²) < 4.78 is 0. The van der Waals surface area contributed by atoms with Gasteiger partial charge in [-0.15, -0.1) is 0 Å². The van der Waals surface area contributed by atoms with E-state index in [2.05, 4.69) is 17.1 Å². The molecule has 0 aliphatic carbocycles. The summed E-state index contributed by atoms with van der Waals surface area (Å²) in [6.07, 6.45) is 2.88. The third-order valence-corrected chi connectivity index (χ3v) is 2.35. The van der Waals surface area contributed by atoms with Gasteiger partial charge < -0.3 is 10.1 Å². The van der Waals surface area contributed by atoms with Crippen LogP contribution in [0.4, 0.5) is 0 Å². The van der Waals surface area contributed by atoms with Crippen LogP contribution in [0.2, 0.25) is 0 Å². The van der Waals surface area contributed by atoms with Crippen molar-refractivity contribution in [2.24, 2.45) is 0 Å². The van der Waals surface area contributed by atoms with E-state index in [1.165, 1.54) is 6.42 Å². The number of nitrogens with one attached hydrogen (secondary N) is 1. The summed E-state index contributed by atoms with van der Waals surface area (Å²) in [6, 6.07) is 0.441. The Kier molecular flexibility index (Phi) is 4.25. The molecule has 0 radical (unpaired) electrons. The lowest BCUT2D eigenvalue weighted by Crippen LogP contribution is -2.51. The van der Waals surface area contributed by atoms with Crippen molar-refractivity contribution in [2.45, 2.75) is 25.8 Å². The summed E-state index contributed by atoms with van der Waals surface area (Å²) >= 11 is 0. The topological polar surface area (TPSA) is 32.3 Å². The summed E-state index contributed by atoms with van der Waals surface area (Å²) in [5, 5.41) is 3.31. The van der Waals surface area contributed by atoms with Crippen LogP contribution in [0.15, 0.2) is 0 Å². The van der Waals surface area contributed by atoms with Crippen LogP contribution in [0.25, 0.3) is 0 Å². The second-order valence-electron chi connectivity index (χ2n) is 3.30. The largest absolute Gasteiger partial charge is 0.314 e. The van der Waals surface area contributed by atoms with Crippen molar-refractivity contribution in [3.05, 3.63) is 0 Å². The summed E-state index contributed by atoms with van der Waals surface area (Å²) in [5.41, 5.74) is 0. The lowest BCUT2D eigenvalue weighted by Gasteiger charge is -2.34. The summed E-state index contributed by atoms with van der Waals surface area (Å²) in [6.45, 7) is 6.43. The summed E-state index contributed by atoms with van der Waals surface area (Å²) in [7, 11) is 0. The molecule has 0 saturated carbocycles. The fraction of sp³-hybridized carbons (Fsp3) is 0.889. The van der Waals surface area contributed by atoms with E-state index in [0.717, 1.165) is 32.5 Å². The highest BCUT2D eigenvalue weighted by atomic mass is 16.1. The lowest BCUT2D eigenvalue weighted by molar-refractivity contribution is -0.109. The van der Waals surface area contributed by atoms with Crippen LogP contribution in [0.5, 0.6) is 0 Å². The normalized spacial score (nSPS) is 25.6. The SMILES string of the molecule is CCCN1CCNCC1CC=O. The fourth-order valence-corrected chi connectivity index (χ4v) is 1.73. The van der Waals surface area contributed by atoms with Crippen LogP contribution in [0, 0.1) is 0 Å². The summed E-state index contributed by atoms with van der Waals surface area (Å²) in [5.74, 6) is 0. The van der Waals surface area contributed by atoms with E-state index in [4.69, 9.17) is 0 Å². The Morgan fingerprint density at radius 2 is 2.50 bits per heavy atom. The standard InChI is InChI=1S/C9H18N2O/c1-2-5-11-6-4-10-8-9(11)3-7-12/h7,9-10H,2-6,8H2,1H3. The number of carbonyl (C=O) groups is 1. The van der Waals surface area contributed by atoms with Gasteiger partial charge in [0.25, 0.3) is 0 Å². The first kappa shape index (κ1) is 9.68. The quantitative estimate of drug-likeness (QED) is 0.614. The maximum atomic E-state index is 10.4. The number of nitrogens with zero attached hydrogens (tertiary/aromatic N) is 1. The molecule has 1 aliphatic rings. The molecule has 1 saturated heterocycles. The van der Waals surface area contributed by atoms with Crippen LogP contribution >= 0.6 is 0 Å². The highest BCUT2D eigenvalue weighted by Gasteiger charge is 2.20. The molecule has 1 rings (SSSR count). The Bertz CT molecular complexity index is 136. The Labute approximate surface area is 74.1 Å². The molecule has 12 heavy (non-hydrogen) atoms. The van der Waals surface area contributed by atoms with E-state index < -0.39 is 0 Å². The maximum absolute atomic E-state index is 10.4. The third kappa shape index (κ3) is 2.57. The molecular formula is C9H18N2O. The van der Waals surface area contributed by atoms with E-state index in [9.17, 15) is 4.79 Å². The number of aldehydes is 1. The molecule has 1 atom stereocenters. The summed E-state index contributed by atoms with van der Waals surface area (Å²) in [4.78, 5) is 12.8. The minimum atomic E-state index is 0.441. The van der Waals surface area contributed by atoms with Crippen molar-refractivity contribution < 1.29 is 4.79 Å². The number of piperazine rings is 1. The van der Waals surface area contributed by atoms with Crippen LogP contribution in [-0.4, -0.2) is 43.4 Å². The van der Waals surface area contributed by atoms with Gasteiger partial charge in [0.1, 0.15) is 6.29 Å². The van der Waals surface area contributed by atoms with Crippen molar-refractivity contribution in [3.63, 3.8) is 0 Å². The molecule has 70 valence electrons. The molecule has 0 spiro atoms. The lowest BCUT2D eigenvalue weighted by atomic mass is 10.1. The van der Waals surface area contributed by atoms with Gasteiger partial charge in [-0.1, -0.05) is 6.92 Å².